The van der Waals surface area contributed by atoms with Crippen molar-refractivity contribution in [2.45, 2.75) is 24.8 Å². The molecule has 0 saturated carbocycles. The molecule has 178 valence electrons. The van der Waals surface area contributed by atoms with Crippen LogP contribution in [0, 0.1) is 0 Å². The van der Waals surface area contributed by atoms with Crippen LogP contribution in [-0.4, -0.2) is 0 Å². The van der Waals surface area contributed by atoms with E-state index in [2.05, 4.69) is 135 Å². The summed E-state index contributed by atoms with van der Waals surface area (Å²) in [6.07, 6.45) is 2.16. The number of nitrogens with two attached hydrogens (primary N) is 1. The van der Waals surface area contributed by atoms with Gasteiger partial charge in [-0.15, -0.1) is 0 Å². The molecule has 0 bridgehead atoms. The van der Waals surface area contributed by atoms with E-state index in [1.165, 1.54) is 55.6 Å². The van der Waals surface area contributed by atoms with Gasteiger partial charge in [0.25, 0.3) is 0 Å². The Labute approximate surface area is 218 Å². The highest BCUT2D eigenvalue weighted by Crippen LogP contribution is 2.50. The van der Waals surface area contributed by atoms with Gasteiger partial charge in [-0.25, -0.2) is 0 Å². The summed E-state index contributed by atoms with van der Waals surface area (Å²) in [6, 6.07) is 43.8. The van der Waals surface area contributed by atoms with E-state index in [1.807, 2.05) is 6.07 Å². The summed E-state index contributed by atoms with van der Waals surface area (Å²) >= 11 is 0. The smallest absolute Gasteiger partial charge is 0.0863 e. The number of hydrogen-bond acceptors (Lipinski definition) is 1. The van der Waals surface area contributed by atoms with Gasteiger partial charge in [0.05, 0.1) is 5.54 Å². The first kappa shape index (κ1) is 22.0. The average molecular weight is 476 g/mol. The molecule has 1 unspecified atom stereocenters. The first-order valence-corrected chi connectivity index (χ1v) is 13.0. The van der Waals surface area contributed by atoms with Gasteiger partial charge < -0.3 is 5.73 Å². The Kier molecular flexibility index (Phi) is 4.70. The van der Waals surface area contributed by atoms with Gasteiger partial charge in [-0.05, 0) is 79.4 Å². The minimum Gasteiger partial charge on any atom is -0.314 e. The number of benzene rings is 5. The summed E-state index contributed by atoms with van der Waals surface area (Å²) in [6.45, 7) is 4.65. The van der Waals surface area contributed by atoms with Gasteiger partial charge in [-0.1, -0.05) is 123 Å². The second-order valence-corrected chi connectivity index (χ2v) is 10.9. The van der Waals surface area contributed by atoms with E-state index in [-0.39, 0.29) is 5.41 Å². The maximum Gasteiger partial charge on any atom is 0.0863 e. The predicted molar refractivity (Wildman–Crippen MR) is 155 cm³/mol. The second kappa shape index (κ2) is 7.90. The summed E-state index contributed by atoms with van der Waals surface area (Å²) in [7, 11) is 0. The number of fused-ring (bicyclic) bond motifs is 3. The fraction of sp³-hybridized carbons (Fsp3) is 0.111. The Morgan fingerprint density at radius 3 is 1.86 bits per heavy atom. The van der Waals surface area contributed by atoms with Gasteiger partial charge in [-0.3, -0.25) is 0 Å². The molecule has 0 fully saturated rings. The van der Waals surface area contributed by atoms with Crippen molar-refractivity contribution >= 4 is 5.57 Å². The molecule has 2 aliphatic carbocycles. The van der Waals surface area contributed by atoms with E-state index in [4.69, 9.17) is 5.73 Å². The van der Waals surface area contributed by atoms with Crippen LogP contribution in [0.25, 0.3) is 39.0 Å². The van der Waals surface area contributed by atoms with E-state index in [9.17, 15) is 0 Å². The summed E-state index contributed by atoms with van der Waals surface area (Å²) in [4.78, 5) is 0. The van der Waals surface area contributed by atoms with Crippen LogP contribution in [0.3, 0.4) is 0 Å². The Morgan fingerprint density at radius 1 is 0.486 bits per heavy atom. The van der Waals surface area contributed by atoms with Crippen LogP contribution in [0.5, 0.6) is 0 Å². The van der Waals surface area contributed by atoms with Gasteiger partial charge in [0.15, 0.2) is 0 Å². The van der Waals surface area contributed by atoms with Crippen molar-refractivity contribution in [1.29, 1.82) is 0 Å². The Hall–Kier alpha value is -4.20. The quantitative estimate of drug-likeness (QED) is 0.277. The molecule has 37 heavy (non-hydrogen) atoms. The molecule has 1 nitrogen and oxygen atoms in total. The standard InChI is InChI=1S/C36H29N/c1-35(2)32-14-7-6-13-30(32)31-22-28(17-20-33(31)35)27-12-8-11-26(21-27)24-15-18-29(19-16-24)36(37)23-34(36)25-9-4-3-5-10-25/h3-23H,37H2,1-2H3. The highest BCUT2D eigenvalue weighted by Gasteiger charge is 2.42. The molecular weight excluding hydrogens is 446 g/mol. The molecule has 2 N–H and O–H groups in total. The summed E-state index contributed by atoms with van der Waals surface area (Å²) in [5, 5.41) is 0. The SMILES string of the molecule is CC1(C)c2ccccc2-c2cc(-c3cccc(-c4ccc(C5(N)C=C5c5ccccc5)cc4)c3)ccc21. The maximum absolute atomic E-state index is 6.74. The molecule has 1 atom stereocenters. The fourth-order valence-corrected chi connectivity index (χ4v) is 6.09. The molecule has 7 rings (SSSR count). The first-order valence-electron chi connectivity index (χ1n) is 13.0. The Bertz CT molecular complexity index is 1690. The summed E-state index contributed by atoms with van der Waals surface area (Å²) < 4.78 is 0. The predicted octanol–water partition coefficient (Wildman–Crippen LogP) is 8.58. The molecule has 5 aromatic carbocycles. The minimum atomic E-state index is -0.462. The van der Waals surface area contributed by atoms with E-state index in [1.54, 1.807) is 0 Å². The lowest BCUT2D eigenvalue weighted by Crippen LogP contribution is -2.23. The zero-order valence-corrected chi connectivity index (χ0v) is 21.2. The highest BCUT2D eigenvalue weighted by molar-refractivity contribution is 5.90. The van der Waals surface area contributed by atoms with Crippen LogP contribution in [0.4, 0.5) is 0 Å². The van der Waals surface area contributed by atoms with Crippen molar-refractivity contribution in [2.24, 2.45) is 5.73 Å². The monoisotopic (exact) mass is 475 g/mol. The van der Waals surface area contributed by atoms with Crippen molar-refractivity contribution in [3.05, 3.63) is 150 Å². The molecule has 0 spiro atoms. The molecular formula is C36H29N. The van der Waals surface area contributed by atoms with Crippen LogP contribution >= 0.6 is 0 Å². The summed E-state index contributed by atoms with van der Waals surface area (Å²) in [5.41, 5.74) is 20.3. The molecule has 0 aromatic heterocycles. The number of hydrogen-bond donors (Lipinski definition) is 1. The fourth-order valence-electron chi connectivity index (χ4n) is 6.09. The van der Waals surface area contributed by atoms with Crippen LogP contribution in [-0.2, 0) is 11.0 Å². The Balaban J connectivity index is 1.19. The third-order valence-corrected chi connectivity index (χ3v) is 8.29. The normalized spacial score (nSPS) is 18.6. The molecule has 5 aromatic rings. The molecule has 0 saturated heterocycles. The first-order chi connectivity index (χ1) is 17.9. The largest absolute Gasteiger partial charge is 0.314 e. The second-order valence-electron chi connectivity index (χ2n) is 10.9. The van der Waals surface area contributed by atoms with Crippen molar-refractivity contribution in [3.8, 4) is 33.4 Å². The average Bonchev–Trinajstić information content (AvgIpc) is 3.60. The van der Waals surface area contributed by atoms with E-state index in [0.29, 0.717) is 0 Å². The molecule has 0 radical (unpaired) electrons. The maximum atomic E-state index is 6.74. The lowest BCUT2D eigenvalue weighted by molar-refractivity contribution is 0.660. The van der Waals surface area contributed by atoms with Gasteiger partial charge >= 0.3 is 0 Å². The molecule has 0 heterocycles. The zero-order valence-electron chi connectivity index (χ0n) is 21.2. The third-order valence-electron chi connectivity index (χ3n) is 8.29. The van der Waals surface area contributed by atoms with Crippen molar-refractivity contribution < 1.29 is 0 Å². The van der Waals surface area contributed by atoms with Crippen molar-refractivity contribution in [2.75, 3.05) is 0 Å². The van der Waals surface area contributed by atoms with E-state index >= 15 is 0 Å². The lowest BCUT2D eigenvalue weighted by atomic mass is 9.82. The third kappa shape index (κ3) is 3.43. The molecule has 0 aliphatic heterocycles. The highest BCUT2D eigenvalue weighted by atomic mass is 14.8. The van der Waals surface area contributed by atoms with Gasteiger partial charge in [-0.2, -0.15) is 0 Å². The zero-order chi connectivity index (χ0) is 25.2. The molecule has 0 amide bonds. The van der Waals surface area contributed by atoms with Crippen molar-refractivity contribution in [3.63, 3.8) is 0 Å². The van der Waals surface area contributed by atoms with Crippen LogP contribution < -0.4 is 5.73 Å². The van der Waals surface area contributed by atoms with Crippen molar-refractivity contribution in [1.82, 2.24) is 0 Å². The molecule has 1 heteroatoms. The van der Waals surface area contributed by atoms with E-state index < -0.39 is 5.54 Å². The van der Waals surface area contributed by atoms with Gasteiger partial charge in [0, 0.05) is 5.41 Å². The Morgan fingerprint density at radius 2 is 1.08 bits per heavy atom. The number of rotatable bonds is 4. The van der Waals surface area contributed by atoms with Gasteiger partial charge in [0.2, 0.25) is 0 Å². The topological polar surface area (TPSA) is 26.0 Å². The molecule has 2 aliphatic rings. The van der Waals surface area contributed by atoms with Gasteiger partial charge in [0.1, 0.15) is 0 Å². The summed E-state index contributed by atoms with van der Waals surface area (Å²) in [5.74, 6) is 0. The van der Waals surface area contributed by atoms with Crippen LogP contribution in [0.1, 0.15) is 36.1 Å². The minimum absolute atomic E-state index is 0.0329. The van der Waals surface area contributed by atoms with Crippen LogP contribution in [0.2, 0.25) is 0 Å². The van der Waals surface area contributed by atoms with E-state index in [0.717, 1.165) is 5.56 Å². The van der Waals surface area contributed by atoms with Crippen LogP contribution in [0.15, 0.2) is 127 Å². The lowest BCUT2D eigenvalue weighted by Gasteiger charge is -2.21.